The Labute approximate surface area is 164 Å². The number of thioether (sulfide) groups is 1. The van der Waals surface area contributed by atoms with Crippen molar-refractivity contribution in [2.45, 2.75) is 12.2 Å². The third kappa shape index (κ3) is 4.51. The summed E-state index contributed by atoms with van der Waals surface area (Å²) in [5, 5.41) is 5.88. The fraction of sp³-hybridized carbons (Fsp3) is 0.176. The van der Waals surface area contributed by atoms with Gasteiger partial charge in [0, 0.05) is 27.0 Å². The predicted molar refractivity (Wildman–Crippen MR) is 113 cm³/mol. The monoisotopic (exact) mass is 439 g/mol. The number of hydrogen-bond donors (Lipinski definition) is 1. The summed E-state index contributed by atoms with van der Waals surface area (Å²) in [6, 6.07) is 15.4. The molecule has 7 heteroatoms. The molecule has 0 aliphatic carbocycles. The van der Waals surface area contributed by atoms with Crippen molar-refractivity contribution in [3.63, 3.8) is 0 Å². The Bertz CT molecular complexity index is 780. The highest BCUT2D eigenvalue weighted by Gasteiger charge is 2.28. The minimum Gasteiger partial charge on any atom is -0.332 e. The van der Waals surface area contributed by atoms with Crippen LogP contribution in [0.3, 0.4) is 0 Å². The Morgan fingerprint density at radius 1 is 1.33 bits per heavy atom. The Kier molecular flexibility index (Phi) is 5.81. The maximum atomic E-state index is 6.03. The van der Waals surface area contributed by atoms with E-state index >= 15 is 0 Å². The summed E-state index contributed by atoms with van der Waals surface area (Å²) in [4.78, 5) is 6.78. The van der Waals surface area contributed by atoms with Crippen molar-refractivity contribution in [1.82, 2.24) is 4.90 Å². The van der Waals surface area contributed by atoms with Gasteiger partial charge in [-0.25, -0.2) is 4.99 Å². The first-order valence-corrected chi connectivity index (χ1v) is 9.82. The molecule has 0 spiro atoms. The minimum atomic E-state index is 0.429. The maximum Gasteiger partial charge on any atom is 0.179 e. The SMILES string of the molecule is CC1CN(C(=S)Nc2cccc(Cl)c2)/C(=N\c2ccc(Br)cc2)S1. The van der Waals surface area contributed by atoms with Crippen molar-refractivity contribution in [3.8, 4) is 0 Å². The highest BCUT2D eigenvalue weighted by Crippen LogP contribution is 2.29. The van der Waals surface area contributed by atoms with E-state index in [0.29, 0.717) is 15.4 Å². The number of nitrogens with one attached hydrogen (secondary N) is 1. The molecule has 0 saturated carbocycles. The molecular weight excluding hydrogens is 426 g/mol. The van der Waals surface area contributed by atoms with E-state index in [2.05, 4.69) is 28.2 Å². The Hall–Kier alpha value is -1.08. The van der Waals surface area contributed by atoms with Crippen LogP contribution < -0.4 is 5.32 Å². The highest BCUT2D eigenvalue weighted by atomic mass is 79.9. The molecule has 1 heterocycles. The number of thiocarbonyl (C=S) groups is 1. The fourth-order valence-corrected chi connectivity index (χ4v) is 4.08. The van der Waals surface area contributed by atoms with Gasteiger partial charge in [-0.1, -0.05) is 52.3 Å². The molecule has 1 fully saturated rings. The largest absolute Gasteiger partial charge is 0.332 e. The molecule has 24 heavy (non-hydrogen) atoms. The molecule has 3 nitrogen and oxygen atoms in total. The Morgan fingerprint density at radius 3 is 2.79 bits per heavy atom. The van der Waals surface area contributed by atoms with E-state index in [1.54, 1.807) is 11.8 Å². The van der Waals surface area contributed by atoms with Gasteiger partial charge >= 0.3 is 0 Å². The van der Waals surface area contributed by atoms with Gasteiger partial charge in [0.1, 0.15) is 0 Å². The molecule has 0 bridgehead atoms. The minimum absolute atomic E-state index is 0.429. The van der Waals surface area contributed by atoms with Crippen molar-refractivity contribution in [2.75, 3.05) is 11.9 Å². The van der Waals surface area contributed by atoms with Crippen LogP contribution >= 0.6 is 51.5 Å². The van der Waals surface area contributed by atoms with Crippen LogP contribution in [0.5, 0.6) is 0 Å². The molecule has 3 rings (SSSR count). The number of rotatable bonds is 2. The number of anilines is 1. The summed E-state index contributed by atoms with van der Waals surface area (Å²) < 4.78 is 1.04. The molecule has 1 N–H and O–H groups in total. The molecule has 124 valence electrons. The highest BCUT2D eigenvalue weighted by molar-refractivity contribution is 9.10. The molecule has 1 unspecified atom stereocenters. The molecular formula is C17H15BrClN3S2. The Morgan fingerprint density at radius 2 is 2.08 bits per heavy atom. The summed E-state index contributed by atoms with van der Waals surface area (Å²) in [5.41, 5.74) is 1.78. The number of nitrogens with zero attached hydrogens (tertiary/aromatic N) is 2. The normalized spacial score (nSPS) is 18.9. The van der Waals surface area contributed by atoms with Gasteiger partial charge in [0.05, 0.1) is 5.69 Å². The molecule has 1 aliphatic heterocycles. The lowest BCUT2D eigenvalue weighted by Crippen LogP contribution is -2.36. The van der Waals surface area contributed by atoms with Crippen LogP contribution in [-0.2, 0) is 0 Å². The molecule has 0 aromatic heterocycles. The summed E-state index contributed by atoms with van der Waals surface area (Å²) in [7, 11) is 0. The van der Waals surface area contributed by atoms with Crippen LogP contribution in [0.15, 0.2) is 58.0 Å². The number of halogens is 2. The second-order valence-corrected chi connectivity index (χ2v) is 8.49. The third-order valence-electron chi connectivity index (χ3n) is 3.35. The van der Waals surface area contributed by atoms with Gasteiger partial charge < -0.3 is 5.32 Å². The molecule has 0 amide bonds. The van der Waals surface area contributed by atoms with Gasteiger partial charge in [0.15, 0.2) is 10.3 Å². The smallest absolute Gasteiger partial charge is 0.179 e. The van der Waals surface area contributed by atoms with Crippen LogP contribution in [-0.4, -0.2) is 27.0 Å². The van der Waals surface area contributed by atoms with Crippen molar-refractivity contribution in [3.05, 3.63) is 58.0 Å². The average molecular weight is 441 g/mol. The second kappa shape index (κ2) is 7.87. The quantitative estimate of drug-likeness (QED) is 0.586. The zero-order valence-corrected chi connectivity index (χ0v) is 16.8. The molecule has 2 aromatic rings. The van der Waals surface area contributed by atoms with E-state index in [1.807, 2.05) is 53.4 Å². The Balaban J connectivity index is 1.79. The first-order chi connectivity index (χ1) is 11.5. The van der Waals surface area contributed by atoms with Crippen molar-refractivity contribution >= 4 is 73.2 Å². The lowest BCUT2D eigenvalue weighted by Gasteiger charge is -2.20. The van der Waals surface area contributed by atoms with Crippen molar-refractivity contribution in [2.24, 2.45) is 4.99 Å². The number of benzene rings is 2. The standard InChI is InChI=1S/C17H15BrClN3S2/c1-11-10-22(16(23)20-15-4-2-3-13(19)9-15)17(24-11)21-14-7-5-12(18)6-8-14/h2-9,11H,10H2,1H3,(H,20,23)/b21-17+. The zero-order valence-electron chi connectivity index (χ0n) is 12.9. The molecule has 1 saturated heterocycles. The van der Waals surface area contributed by atoms with Crippen molar-refractivity contribution in [1.29, 1.82) is 0 Å². The molecule has 0 radical (unpaired) electrons. The predicted octanol–water partition coefficient (Wildman–Crippen LogP) is 5.92. The third-order valence-corrected chi connectivity index (χ3v) is 5.51. The summed E-state index contributed by atoms with van der Waals surface area (Å²) >= 11 is 16.8. The molecule has 1 aliphatic rings. The van der Waals surface area contributed by atoms with Crippen LogP contribution in [0.25, 0.3) is 0 Å². The van der Waals surface area contributed by atoms with Gasteiger partial charge in [-0.05, 0) is 54.7 Å². The van der Waals surface area contributed by atoms with Gasteiger partial charge in [-0.2, -0.15) is 0 Å². The van der Waals surface area contributed by atoms with E-state index in [0.717, 1.165) is 27.6 Å². The van der Waals surface area contributed by atoms with Crippen LogP contribution in [0.1, 0.15) is 6.92 Å². The lowest BCUT2D eigenvalue weighted by molar-refractivity contribution is 0.641. The van der Waals surface area contributed by atoms with Gasteiger partial charge in [-0.15, -0.1) is 0 Å². The number of hydrogen-bond acceptors (Lipinski definition) is 3. The van der Waals surface area contributed by atoms with E-state index in [4.69, 9.17) is 28.8 Å². The average Bonchev–Trinajstić information content (AvgIpc) is 2.90. The van der Waals surface area contributed by atoms with E-state index in [1.165, 1.54) is 0 Å². The van der Waals surface area contributed by atoms with E-state index in [-0.39, 0.29) is 0 Å². The van der Waals surface area contributed by atoms with Gasteiger partial charge in [0.25, 0.3) is 0 Å². The van der Waals surface area contributed by atoms with Crippen LogP contribution in [0, 0.1) is 0 Å². The first kappa shape index (κ1) is 17.7. The topological polar surface area (TPSA) is 27.6 Å². The van der Waals surface area contributed by atoms with E-state index in [9.17, 15) is 0 Å². The fourth-order valence-electron chi connectivity index (χ4n) is 2.26. The zero-order chi connectivity index (χ0) is 17.1. The maximum absolute atomic E-state index is 6.03. The lowest BCUT2D eigenvalue weighted by atomic mass is 10.3. The number of amidine groups is 1. The molecule has 1 atom stereocenters. The summed E-state index contributed by atoms with van der Waals surface area (Å²) in [6.07, 6.45) is 0. The summed E-state index contributed by atoms with van der Waals surface area (Å²) in [5.74, 6) is 0. The van der Waals surface area contributed by atoms with Crippen molar-refractivity contribution < 1.29 is 0 Å². The summed E-state index contributed by atoms with van der Waals surface area (Å²) in [6.45, 7) is 3.00. The second-order valence-electron chi connectivity index (χ2n) is 5.35. The van der Waals surface area contributed by atoms with Crippen LogP contribution in [0.4, 0.5) is 11.4 Å². The van der Waals surface area contributed by atoms with E-state index < -0.39 is 0 Å². The molecule has 2 aromatic carbocycles. The first-order valence-electron chi connectivity index (χ1n) is 7.36. The van der Waals surface area contributed by atoms with Gasteiger partial charge in [-0.3, -0.25) is 4.90 Å². The number of aliphatic imine (C=N–C) groups is 1. The van der Waals surface area contributed by atoms with Gasteiger partial charge in [0.2, 0.25) is 0 Å². The van der Waals surface area contributed by atoms with Crippen LogP contribution in [0.2, 0.25) is 5.02 Å².